The second-order valence-electron chi connectivity index (χ2n) is 6.71. The Hall–Kier alpha value is -4.66. The predicted molar refractivity (Wildman–Crippen MR) is 127 cm³/mol. The Kier molecular flexibility index (Phi) is 9.53. The van der Waals surface area contributed by atoms with Crippen LogP contribution in [0.25, 0.3) is 0 Å². The smallest absolute Gasteiger partial charge is 0.277 e. The summed E-state index contributed by atoms with van der Waals surface area (Å²) in [5, 5.41) is 26.2. The van der Waals surface area contributed by atoms with Gasteiger partial charge in [0.15, 0.2) is 5.11 Å². The van der Waals surface area contributed by atoms with Crippen LogP contribution in [0.2, 0.25) is 0 Å². The van der Waals surface area contributed by atoms with Gasteiger partial charge in [-0.2, -0.15) is 0 Å². The summed E-state index contributed by atoms with van der Waals surface area (Å²) in [5.74, 6) is -1.34. The van der Waals surface area contributed by atoms with Crippen molar-refractivity contribution in [3.63, 3.8) is 0 Å². The number of carbonyl (C=O) groups excluding carboxylic acids is 3. The Morgan fingerprint density at radius 3 is 2.03 bits per heavy atom. The molecule has 0 saturated carbocycles. The lowest BCUT2D eigenvalue weighted by molar-refractivity contribution is -0.394. The zero-order valence-corrected chi connectivity index (χ0v) is 19.0. The van der Waals surface area contributed by atoms with E-state index in [1.54, 1.807) is 24.3 Å². The van der Waals surface area contributed by atoms with Gasteiger partial charge in [0.25, 0.3) is 17.3 Å². The molecule has 0 bridgehead atoms. The molecule has 2 aromatic rings. The van der Waals surface area contributed by atoms with Gasteiger partial charge < -0.3 is 10.1 Å². The number of thiocarbonyl (C=S) groups is 1. The number of nitrogens with one attached hydrogen (secondary N) is 4. The Balaban J connectivity index is 1.80. The molecule has 0 fully saturated rings. The van der Waals surface area contributed by atoms with E-state index in [1.165, 1.54) is 0 Å². The van der Waals surface area contributed by atoms with E-state index in [4.69, 9.17) is 17.0 Å². The third kappa shape index (κ3) is 8.65. The van der Waals surface area contributed by atoms with E-state index >= 15 is 0 Å². The van der Waals surface area contributed by atoms with Crippen molar-refractivity contribution >= 4 is 52.1 Å². The Morgan fingerprint density at radius 1 is 0.914 bits per heavy atom. The maximum atomic E-state index is 12.2. The van der Waals surface area contributed by atoms with Gasteiger partial charge in [0.05, 0.1) is 28.1 Å². The highest BCUT2D eigenvalue weighted by Crippen LogP contribution is 2.22. The maximum absolute atomic E-state index is 12.2. The first-order chi connectivity index (χ1) is 16.6. The second kappa shape index (κ2) is 12.5. The highest BCUT2D eigenvalue weighted by atomic mass is 32.1. The largest absolute Gasteiger partial charge is 0.494 e. The summed E-state index contributed by atoms with van der Waals surface area (Å²) in [6.45, 7) is 2.36. The molecule has 14 nitrogen and oxygen atoms in total. The second-order valence-corrected chi connectivity index (χ2v) is 7.12. The quantitative estimate of drug-likeness (QED) is 0.223. The van der Waals surface area contributed by atoms with Gasteiger partial charge in [-0.15, -0.1) is 0 Å². The number of carbonyl (C=O) groups is 3. The van der Waals surface area contributed by atoms with Crippen LogP contribution in [0.15, 0.2) is 42.5 Å². The molecule has 2 rings (SSSR count). The van der Waals surface area contributed by atoms with Gasteiger partial charge in [-0.3, -0.25) is 50.8 Å². The number of anilines is 1. The first-order valence-corrected chi connectivity index (χ1v) is 10.4. The van der Waals surface area contributed by atoms with E-state index in [-0.39, 0.29) is 23.5 Å². The number of rotatable bonds is 9. The maximum Gasteiger partial charge on any atom is 0.277 e. The molecule has 2 aromatic carbocycles. The van der Waals surface area contributed by atoms with Crippen LogP contribution in [0, 0.1) is 20.2 Å². The molecule has 15 heteroatoms. The zero-order chi connectivity index (χ0) is 26.0. The summed E-state index contributed by atoms with van der Waals surface area (Å²) in [7, 11) is 0. The Labute approximate surface area is 203 Å². The summed E-state index contributed by atoms with van der Waals surface area (Å²) < 4.78 is 5.31. The third-order valence-corrected chi connectivity index (χ3v) is 4.36. The molecule has 0 spiro atoms. The van der Waals surface area contributed by atoms with Crippen LogP contribution >= 0.6 is 12.2 Å². The van der Waals surface area contributed by atoms with Gasteiger partial charge in [0, 0.05) is 30.7 Å². The number of nitro groups is 2. The Morgan fingerprint density at radius 2 is 1.49 bits per heavy atom. The van der Waals surface area contributed by atoms with Crippen LogP contribution in [0.5, 0.6) is 5.75 Å². The van der Waals surface area contributed by atoms with Gasteiger partial charge in [-0.1, -0.05) is 0 Å². The molecule has 0 aliphatic carbocycles. The van der Waals surface area contributed by atoms with Crippen molar-refractivity contribution < 1.29 is 29.0 Å². The van der Waals surface area contributed by atoms with E-state index in [1.807, 2.05) is 6.92 Å². The Bertz CT molecular complexity index is 1120. The standard InChI is InChI=1S/C20H20N6O8S/c1-2-34-16-5-3-13(4-6-16)21-17(27)7-8-18(28)23-24-20(35)22-19(29)12-9-14(25(30)31)11-15(10-12)26(32)33/h3-6,9-11H,2,7-8H2,1H3,(H,21,27)(H,23,28)(H2,22,24,29,35). The lowest BCUT2D eigenvalue weighted by Crippen LogP contribution is -2.48. The van der Waals surface area contributed by atoms with E-state index in [2.05, 4.69) is 21.5 Å². The average Bonchev–Trinajstić information content (AvgIpc) is 2.82. The van der Waals surface area contributed by atoms with Gasteiger partial charge in [0.1, 0.15) is 5.75 Å². The molecule has 0 atom stereocenters. The predicted octanol–water partition coefficient (Wildman–Crippen LogP) is 1.96. The minimum atomic E-state index is -0.974. The number of hydrogen-bond acceptors (Lipinski definition) is 9. The highest BCUT2D eigenvalue weighted by molar-refractivity contribution is 7.80. The first kappa shape index (κ1) is 26.6. The lowest BCUT2D eigenvalue weighted by Gasteiger charge is -2.11. The lowest BCUT2D eigenvalue weighted by atomic mass is 10.1. The molecule has 3 amide bonds. The van der Waals surface area contributed by atoms with Crippen molar-refractivity contribution in [2.75, 3.05) is 11.9 Å². The van der Waals surface area contributed by atoms with Crippen LogP contribution in [0.3, 0.4) is 0 Å². The van der Waals surface area contributed by atoms with Gasteiger partial charge in [-0.25, -0.2) is 0 Å². The molecule has 184 valence electrons. The molecular weight excluding hydrogens is 484 g/mol. The fraction of sp³-hybridized carbons (Fsp3) is 0.200. The number of hydrazine groups is 1. The SMILES string of the molecule is CCOc1ccc(NC(=O)CCC(=O)NNC(=S)NC(=O)c2cc([N+](=O)[O-])cc([N+](=O)[O-])c2)cc1. The monoisotopic (exact) mass is 504 g/mol. The number of nitro benzene ring substituents is 2. The van der Waals surface area contributed by atoms with Crippen molar-refractivity contribution in [1.29, 1.82) is 0 Å². The molecule has 35 heavy (non-hydrogen) atoms. The van der Waals surface area contributed by atoms with Crippen molar-refractivity contribution in [1.82, 2.24) is 16.2 Å². The summed E-state index contributed by atoms with van der Waals surface area (Å²) in [6.07, 6.45) is -0.347. The normalized spacial score (nSPS) is 9.97. The minimum Gasteiger partial charge on any atom is -0.494 e. The molecule has 0 saturated heterocycles. The first-order valence-electron chi connectivity index (χ1n) is 9.95. The molecule has 0 aliphatic heterocycles. The molecule has 0 radical (unpaired) electrons. The van der Waals surface area contributed by atoms with Gasteiger partial charge in [-0.05, 0) is 43.4 Å². The molecule has 0 aliphatic rings. The number of ether oxygens (including phenoxy) is 1. The van der Waals surface area contributed by atoms with Crippen molar-refractivity contribution in [3.05, 3.63) is 68.3 Å². The van der Waals surface area contributed by atoms with Crippen molar-refractivity contribution in [2.45, 2.75) is 19.8 Å². The topological polar surface area (TPSA) is 195 Å². The summed E-state index contributed by atoms with van der Waals surface area (Å²) >= 11 is 4.85. The van der Waals surface area contributed by atoms with Gasteiger partial charge in [0.2, 0.25) is 11.8 Å². The fourth-order valence-corrected chi connectivity index (χ4v) is 2.73. The number of hydrogen-bond donors (Lipinski definition) is 4. The van der Waals surface area contributed by atoms with Gasteiger partial charge >= 0.3 is 0 Å². The summed E-state index contributed by atoms with van der Waals surface area (Å²) in [5.41, 5.74) is 3.26. The molecule has 0 heterocycles. The van der Waals surface area contributed by atoms with Crippen LogP contribution in [0.1, 0.15) is 30.1 Å². The molecule has 0 aromatic heterocycles. The molecule has 4 N–H and O–H groups in total. The van der Waals surface area contributed by atoms with E-state index in [0.717, 1.165) is 12.1 Å². The van der Waals surface area contributed by atoms with Crippen molar-refractivity contribution in [3.8, 4) is 5.75 Å². The number of benzene rings is 2. The van der Waals surface area contributed by atoms with Crippen LogP contribution in [0.4, 0.5) is 17.1 Å². The van der Waals surface area contributed by atoms with Crippen LogP contribution < -0.4 is 26.2 Å². The number of non-ortho nitro benzene ring substituents is 2. The van der Waals surface area contributed by atoms with E-state index in [9.17, 15) is 34.6 Å². The van der Waals surface area contributed by atoms with E-state index in [0.29, 0.717) is 24.1 Å². The average molecular weight is 504 g/mol. The van der Waals surface area contributed by atoms with E-state index < -0.39 is 38.9 Å². The molecular formula is C20H20N6O8S. The summed E-state index contributed by atoms with van der Waals surface area (Å²) in [4.78, 5) is 56.3. The zero-order valence-electron chi connectivity index (χ0n) is 18.2. The molecule has 0 unspecified atom stereocenters. The van der Waals surface area contributed by atoms with Crippen LogP contribution in [-0.4, -0.2) is 39.3 Å². The van der Waals surface area contributed by atoms with Crippen molar-refractivity contribution in [2.24, 2.45) is 0 Å². The fourth-order valence-electron chi connectivity index (χ4n) is 2.58. The van der Waals surface area contributed by atoms with Crippen LogP contribution in [-0.2, 0) is 9.59 Å². The number of nitrogens with zero attached hydrogens (tertiary/aromatic N) is 2. The third-order valence-electron chi connectivity index (χ3n) is 4.16. The highest BCUT2D eigenvalue weighted by Gasteiger charge is 2.20. The minimum absolute atomic E-state index is 0.142. The summed E-state index contributed by atoms with van der Waals surface area (Å²) in [6, 6.07) is 9.08. The number of amides is 3.